The van der Waals surface area contributed by atoms with E-state index < -0.39 is 10.0 Å². The Bertz CT molecular complexity index is 978. The Morgan fingerprint density at radius 2 is 1.41 bits per heavy atom. The smallest absolute Gasteiger partial charge is 0.244 e. The summed E-state index contributed by atoms with van der Waals surface area (Å²) in [6.07, 6.45) is 0. The molecular weight excluding hydrogens is 451 g/mol. The van der Waals surface area contributed by atoms with Crippen molar-refractivity contribution in [2.45, 2.75) is 37.6 Å². The van der Waals surface area contributed by atoms with Crippen LogP contribution >= 0.6 is 34.8 Å². The molecule has 1 saturated heterocycles. The molecule has 0 amide bonds. The van der Waals surface area contributed by atoms with Gasteiger partial charge in [-0.15, -0.1) is 0 Å². The van der Waals surface area contributed by atoms with Gasteiger partial charge in [-0.1, -0.05) is 79.8 Å². The van der Waals surface area contributed by atoms with Crippen LogP contribution in [0.25, 0.3) is 0 Å². The van der Waals surface area contributed by atoms with Crippen LogP contribution in [0, 0.1) is 0 Å². The molecule has 0 radical (unpaired) electrons. The molecule has 3 rings (SSSR count). The average molecular weight is 476 g/mol. The van der Waals surface area contributed by atoms with Crippen LogP contribution in [-0.2, 0) is 22.0 Å². The van der Waals surface area contributed by atoms with Crippen LogP contribution in [0.15, 0.2) is 41.3 Å². The molecule has 29 heavy (non-hydrogen) atoms. The predicted octanol–water partition coefficient (Wildman–Crippen LogP) is 5.45. The quantitative estimate of drug-likeness (QED) is 0.552. The molecule has 8 heteroatoms. The minimum atomic E-state index is -3.72. The number of hydrogen-bond donors (Lipinski definition) is 0. The topological polar surface area (TPSA) is 40.6 Å². The van der Waals surface area contributed by atoms with Gasteiger partial charge in [0, 0.05) is 32.7 Å². The van der Waals surface area contributed by atoms with E-state index in [9.17, 15) is 8.42 Å². The first kappa shape index (κ1) is 22.9. The van der Waals surface area contributed by atoms with Crippen molar-refractivity contribution in [3.63, 3.8) is 0 Å². The third-order valence-corrected chi connectivity index (χ3v) is 8.24. The van der Waals surface area contributed by atoms with Crippen molar-refractivity contribution >= 4 is 44.8 Å². The molecule has 2 aromatic carbocycles. The third-order valence-electron chi connectivity index (χ3n) is 5.15. The number of sulfonamides is 1. The zero-order chi connectivity index (χ0) is 21.4. The van der Waals surface area contributed by atoms with Crippen molar-refractivity contribution in [2.75, 3.05) is 26.2 Å². The number of benzene rings is 2. The van der Waals surface area contributed by atoms with Gasteiger partial charge < -0.3 is 0 Å². The SMILES string of the molecule is CC(C)(C)c1ccc(CN2CCN(S(=O)(=O)c3cc(Cl)c(Cl)cc3Cl)CC2)cc1. The van der Waals surface area contributed by atoms with Gasteiger partial charge in [-0.25, -0.2) is 8.42 Å². The standard InChI is InChI=1S/C21H25Cl3N2O2S/c1-21(2,3)16-6-4-15(5-7-16)14-25-8-10-26(11-9-25)29(27,28)20-13-18(23)17(22)12-19(20)24/h4-7,12-13H,8-11,14H2,1-3H3. The Morgan fingerprint density at radius 3 is 1.97 bits per heavy atom. The largest absolute Gasteiger partial charge is 0.296 e. The molecule has 1 fully saturated rings. The monoisotopic (exact) mass is 474 g/mol. The number of rotatable bonds is 4. The lowest BCUT2D eigenvalue weighted by atomic mass is 9.87. The van der Waals surface area contributed by atoms with Crippen molar-refractivity contribution in [2.24, 2.45) is 0 Å². The van der Waals surface area contributed by atoms with Gasteiger partial charge in [0.2, 0.25) is 10.0 Å². The van der Waals surface area contributed by atoms with Crippen LogP contribution in [0.1, 0.15) is 31.9 Å². The summed E-state index contributed by atoms with van der Waals surface area (Å²) >= 11 is 18.0. The second kappa shape index (κ2) is 8.74. The molecule has 2 aromatic rings. The van der Waals surface area contributed by atoms with Gasteiger partial charge in [0.25, 0.3) is 0 Å². The predicted molar refractivity (Wildman–Crippen MR) is 121 cm³/mol. The zero-order valence-electron chi connectivity index (χ0n) is 16.8. The summed E-state index contributed by atoms with van der Waals surface area (Å²) in [6, 6.07) is 11.3. The summed E-state index contributed by atoms with van der Waals surface area (Å²) in [5, 5.41) is 0.491. The molecule has 1 heterocycles. The highest BCUT2D eigenvalue weighted by molar-refractivity contribution is 7.89. The van der Waals surface area contributed by atoms with E-state index in [-0.39, 0.29) is 25.4 Å². The molecule has 0 aromatic heterocycles. The normalized spacial score (nSPS) is 16.9. The van der Waals surface area contributed by atoms with E-state index in [0.29, 0.717) is 26.2 Å². The van der Waals surface area contributed by atoms with Crippen molar-refractivity contribution < 1.29 is 8.42 Å². The molecule has 1 aliphatic heterocycles. The molecule has 0 aliphatic carbocycles. The number of piperazine rings is 1. The Labute approximate surface area is 188 Å². The lowest BCUT2D eigenvalue weighted by molar-refractivity contribution is 0.181. The molecule has 0 atom stereocenters. The van der Waals surface area contributed by atoms with Crippen molar-refractivity contribution in [1.82, 2.24) is 9.21 Å². The molecular formula is C21H25Cl3N2O2S. The van der Waals surface area contributed by atoms with Crippen LogP contribution in [0.5, 0.6) is 0 Å². The van der Waals surface area contributed by atoms with Gasteiger partial charge in [0.05, 0.1) is 15.1 Å². The van der Waals surface area contributed by atoms with E-state index in [0.717, 1.165) is 6.54 Å². The Kier molecular flexibility index (Phi) is 6.88. The summed E-state index contributed by atoms with van der Waals surface area (Å²) in [7, 11) is -3.72. The molecule has 0 saturated carbocycles. The summed E-state index contributed by atoms with van der Waals surface area (Å²) < 4.78 is 27.4. The van der Waals surface area contributed by atoms with Crippen molar-refractivity contribution in [1.29, 1.82) is 0 Å². The van der Waals surface area contributed by atoms with Gasteiger partial charge in [0.1, 0.15) is 4.90 Å². The van der Waals surface area contributed by atoms with Crippen LogP contribution in [-0.4, -0.2) is 43.8 Å². The molecule has 0 N–H and O–H groups in total. The fourth-order valence-corrected chi connectivity index (χ4v) is 5.74. The Hall–Kier alpha value is -0.820. The van der Waals surface area contributed by atoms with E-state index in [1.807, 2.05) is 0 Å². The highest BCUT2D eigenvalue weighted by Crippen LogP contribution is 2.33. The first-order chi connectivity index (χ1) is 13.5. The van der Waals surface area contributed by atoms with Gasteiger partial charge in [-0.2, -0.15) is 4.31 Å². The van der Waals surface area contributed by atoms with Gasteiger partial charge >= 0.3 is 0 Å². The fraction of sp³-hybridized carbons (Fsp3) is 0.429. The van der Waals surface area contributed by atoms with E-state index in [1.165, 1.54) is 27.6 Å². The van der Waals surface area contributed by atoms with Gasteiger partial charge in [-0.05, 0) is 28.7 Å². The van der Waals surface area contributed by atoms with Crippen LogP contribution < -0.4 is 0 Å². The maximum atomic E-state index is 13.0. The molecule has 0 unspecified atom stereocenters. The minimum Gasteiger partial charge on any atom is -0.296 e. The molecule has 4 nitrogen and oxygen atoms in total. The first-order valence-corrected chi connectivity index (χ1v) is 12.0. The maximum absolute atomic E-state index is 13.0. The Morgan fingerprint density at radius 1 is 0.862 bits per heavy atom. The molecule has 0 bridgehead atoms. The summed E-state index contributed by atoms with van der Waals surface area (Å²) in [4.78, 5) is 2.26. The zero-order valence-corrected chi connectivity index (χ0v) is 19.8. The summed E-state index contributed by atoms with van der Waals surface area (Å²) in [6.45, 7) is 9.49. The third kappa shape index (κ3) is 5.27. The summed E-state index contributed by atoms with van der Waals surface area (Å²) in [5.41, 5.74) is 2.65. The van der Waals surface area contributed by atoms with Crippen molar-refractivity contribution in [3.8, 4) is 0 Å². The molecule has 0 spiro atoms. The highest BCUT2D eigenvalue weighted by Gasteiger charge is 2.30. The van der Waals surface area contributed by atoms with Crippen LogP contribution in [0.4, 0.5) is 0 Å². The first-order valence-electron chi connectivity index (χ1n) is 9.45. The van der Waals surface area contributed by atoms with Gasteiger partial charge in [0.15, 0.2) is 0 Å². The lowest BCUT2D eigenvalue weighted by Crippen LogP contribution is -2.48. The van der Waals surface area contributed by atoms with E-state index in [1.54, 1.807) is 0 Å². The highest BCUT2D eigenvalue weighted by atomic mass is 35.5. The number of hydrogen-bond acceptors (Lipinski definition) is 3. The van der Waals surface area contributed by atoms with E-state index in [4.69, 9.17) is 34.8 Å². The average Bonchev–Trinajstić information content (AvgIpc) is 2.65. The number of halogens is 3. The van der Waals surface area contributed by atoms with Crippen molar-refractivity contribution in [3.05, 3.63) is 62.6 Å². The van der Waals surface area contributed by atoms with Crippen LogP contribution in [0.2, 0.25) is 15.1 Å². The Balaban J connectivity index is 1.65. The number of nitrogens with zero attached hydrogens (tertiary/aromatic N) is 2. The van der Waals surface area contributed by atoms with Gasteiger partial charge in [-0.3, -0.25) is 4.90 Å². The van der Waals surface area contributed by atoms with E-state index in [2.05, 4.69) is 49.9 Å². The maximum Gasteiger partial charge on any atom is 0.244 e. The van der Waals surface area contributed by atoms with E-state index >= 15 is 0 Å². The molecule has 1 aliphatic rings. The second-order valence-corrected chi connectivity index (χ2v) is 11.5. The fourth-order valence-electron chi connectivity index (χ4n) is 3.34. The van der Waals surface area contributed by atoms with Crippen LogP contribution in [0.3, 0.4) is 0 Å². The second-order valence-electron chi connectivity index (χ2n) is 8.32. The minimum absolute atomic E-state index is 0.000198. The lowest BCUT2D eigenvalue weighted by Gasteiger charge is -2.34. The molecule has 158 valence electrons. The summed E-state index contributed by atoms with van der Waals surface area (Å²) in [5.74, 6) is 0.